The van der Waals surface area contributed by atoms with E-state index in [-0.39, 0.29) is 42.1 Å². The van der Waals surface area contributed by atoms with Crippen LogP contribution in [0.2, 0.25) is 0 Å². The molecule has 3 aromatic rings. The third kappa shape index (κ3) is 6.84. The molecule has 1 aromatic heterocycles. The molecular formula is C36H43N3O9. The van der Waals surface area contributed by atoms with Crippen LogP contribution in [0, 0.1) is 5.92 Å². The smallest absolute Gasteiger partial charge is 0.288 e. The first-order valence-corrected chi connectivity index (χ1v) is 16.6. The number of amides is 2. The van der Waals surface area contributed by atoms with E-state index in [0.29, 0.717) is 82.0 Å². The first-order valence-electron chi connectivity index (χ1n) is 16.6. The number of nitrogens with zero attached hydrogens (tertiary/aromatic N) is 2. The lowest BCUT2D eigenvalue weighted by molar-refractivity contribution is -0.172. The number of aliphatic hydroxyl groups is 1. The van der Waals surface area contributed by atoms with Crippen molar-refractivity contribution in [1.29, 1.82) is 0 Å². The Hall–Kier alpha value is -4.23. The average Bonchev–Trinajstić information content (AvgIpc) is 3.43. The topological polar surface area (TPSA) is 140 Å². The number of benzene rings is 2. The Kier molecular flexibility index (Phi) is 10.8. The SMILES string of the molecule is CCO[C@H]1OC(C(=O)N2CCC3(CC2)C(=O)NCN3c2ccccc2)=C[C@@H](c2coc3ccccc3c2=O)[C@H]1CCOCCOCCO. The molecule has 6 rings (SSSR count). The molecule has 2 amide bonds. The van der Waals surface area contributed by atoms with Crippen LogP contribution < -0.4 is 15.6 Å². The molecule has 2 saturated heterocycles. The zero-order valence-electron chi connectivity index (χ0n) is 27.2. The number of carbonyl (C=O) groups is 2. The number of carbonyl (C=O) groups excluding carboxylic acids is 2. The Balaban J connectivity index is 1.25. The molecule has 12 heteroatoms. The van der Waals surface area contributed by atoms with Gasteiger partial charge in [0, 0.05) is 49.4 Å². The zero-order chi connectivity index (χ0) is 33.5. The molecule has 12 nitrogen and oxygen atoms in total. The molecule has 48 heavy (non-hydrogen) atoms. The van der Waals surface area contributed by atoms with Crippen molar-refractivity contribution in [2.45, 2.75) is 43.9 Å². The molecule has 3 aliphatic rings. The van der Waals surface area contributed by atoms with Crippen molar-refractivity contribution in [2.75, 3.05) is 64.3 Å². The van der Waals surface area contributed by atoms with E-state index in [1.807, 2.05) is 43.3 Å². The fraction of sp³-hybridized carbons (Fsp3) is 0.472. The van der Waals surface area contributed by atoms with Crippen LogP contribution >= 0.6 is 0 Å². The van der Waals surface area contributed by atoms with Crippen LogP contribution in [0.15, 0.2) is 81.9 Å². The normalized spacial score (nSPS) is 22.1. The standard InChI is InChI=1S/C36H43N3O9/c1-2-46-34-26(12-18-44-20-21-45-19-17-40)28(29-23-47-30-11-7-6-10-27(30)32(29)41)22-31(48-34)33(42)38-15-13-36(14-16-38)35(43)37-24-39(36)25-8-4-3-5-9-25/h3-11,22-23,26,28,34,40H,2,12-21,24H2,1H3,(H,37,43)/t26-,28-,34+/m1/s1. The number of anilines is 1. The molecule has 0 radical (unpaired) electrons. The molecule has 0 aliphatic carbocycles. The highest BCUT2D eigenvalue weighted by molar-refractivity contribution is 5.95. The Morgan fingerprint density at radius 3 is 2.48 bits per heavy atom. The molecule has 3 aliphatic heterocycles. The van der Waals surface area contributed by atoms with Gasteiger partial charge in [-0.2, -0.15) is 0 Å². The molecule has 2 aromatic carbocycles. The summed E-state index contributed by atoms with van der Waals surface area (Å²) in [6.07, 6.45) is 3.75. The molecule has 3 atom stereocenters. The Morgan fingerprint density at radius 2 is 1.73 bits per heavy atom. The van der Waals surface area contributed by atoms with Gasteiger partial charge in [-0.3, -0.25) is 14.4 Å². The Bertz CT molecular complexity index is 1650. The summed E-state index contributed by atoms with van der Waals surface area (Å²) in [5.41, 5.74) is 0.915. The van der Waals surface area contributed by atoms with E-state index in [4.69, 9.17) is 28.5 Å². The summed E-state index contributed by atoms with van der Waals surface area (Å²) in [6.45, 7) is 4.50. The van der Waals surface area contributed by atoms with Crippen LogP contribution in [0.4, 0.5) is 5.69 Å². The van der Waals surface area contributed by atoms with E-state index in [1.54, 1.807) is 29.2 Å². The highest BCUT2D eigenvalue weighted by Crippen LogP contribution is 2.40. The minimum atomic E-state index is -0.825. The number of aliphatic hydroxyl groups excluding tert-OH is 1. The number of allylic oxidation sites excluding steroid dienone is 1. The fourth-order valence-corrected chi connectivity index (χ4v) is 6.98. The third-order valence-electron chi connectivity index (χ3n) is 9.48. The van der Waals surface area contributed by atoms with Gasteiger partial charge in [0.25, 0.3) is 5.91 Å². The van der Waals surface area contributed by atoms with E-state index in [2.05, 4.69) is 10.2 Å². The van der Waals surface area contributed by atoms with Gasteiger partial charge in [-0.15, -0.1) is 0 Å². The van der Waals surface area contributed by atoms with Gasteiger partial charge >= 0.3 is 0 Å². The maximum Gasteiger partial charge on any atom is 0.288 e. The first kappa shape index (κ1) is 33.7. The minimum Gasteiger partial charge on any atom is -0.464 e. The molecule has 0 unspecified atom stereocenters. The van der Waals surface area contributed by atoms with E-state index in [9.17, 15) is 14.4 Å². The van der Waals surface area contributed by atoms with Gasteiger partial charge < -0.3 is 43.6 Å². The van der Waals surface area contributed by atoms with Crippen LogP contribution in [-0.4, -0.2) is 93.0 Å². The number of piperidine rings is 1. The number of rotatable bonds is 13. The fourth-order valence-electron chi connectivity index (χ4n) is 6.98. The van der Waals surface area contributed by atoms with Crippen LogP contribution in [0.3, 0.4) is 0 Å². The van der Waals surface area contributed by atoms with Crippen LogP contribution in [-0.2, 0) is 28.5 Å². The number of nitrogens with one attached hydrogen (secondary N) is 1. The molecule has 4 heterocycles. The van der Waals surface area contributed by atoms with Crippen molar-refractivity contribution >= 4 is 28.5 Å². The molecular weight excluding hydrogens is 618 g/mol. The average molecular weight is 662 g/mol. The minimum absolute atomic E-state index is 0.0314. The Labute approximate surface area is 279 Å². The molecule has 2 N–H and O–H groups in total. The lowest BCUT2D eigenvalue weighted by Crippen LogP contribution is -2.57. The van der Waals surface area contributed by atoms with Crippen LogP contribution in [0.25, 0.3) is 11.0 Å². The number of likely N-dealkylation sites (tertiary alicyclic amines) is 1. The summed E-state index contributed by atoms with van der Waals surface area (Å²) >= 11 is 0. The third-order valence-corrected chi connectivity index (χ3v) is 9.48. The monoisotopic (exact) mass is 661 g/mol. The summed E-state index contributed by atoms with van der Waals surface area (Å²) in [4.78, 5) is 44.9. The van der Waals surface area contributed by atoms with Gasteiger partial charge in [0.2, 0.25) is 12.2 Å². The second-order valence-corrected chi connectivity index (χ2v) is 12.2. The first-order chi connectivity index (χ1) is 23.5. The summed E-state index contributed by atoms with van der Waals surface area (Å²) in [7, 11) is 0. The number of ether oxygens (including phenoxy) is 4. The van der Waals surface area contributed by atoms with Crippen molar-refractivity contribution in [1.82, 2.24) is 10.2 Å². The zero-order valence-corrected chi connectivity index (χ0v) is 27.2. The van der Waals surface area contributed by atoms with E-state index in [0.717, 1.165) is 5.69 Å². The molecule has 1 spiro atoms. The Morgan fingerprint density at radius 1 is 1.00 bits per heavy atom. The van der Waals surface area contributed by atoms with Crippen molar-refractivity contribution in [2.24, 2.45) is 5.92 Å². The van der Waals surface area contributed by atoms with E-state index < -0.39 is 17.7 Å². The largest absolute Gasteiger partial charge is 0.464 e. The van der Waals surface area contributed by atoms with Gasteiger partial charge in [-0.25, -0.2) is 0 Å². The predicted octanol–water partition coefficient (Wildman–Crippen LogP) is 3.14. The van der Waals surface area contributed by atoms with E-state index in [1.165, 1.54) is 6.26 Å². The van der Waals surface area contributed by atoms with Gasteiger partial charge in [0.05, 0.1) is 44.7 Å². The maximum atomic E-state index is 14.1. The lowest BCUT2D eigenvalue weighted by atomic mass is 9.81. The highest BCUT2D eigenvalue weighted by Gasteiger charge is 2.51. The number of para-hydroxylation sites is 2. The second kappa shape index (κ2) is 15.3. The maximum absolute atomic E-state index is 14.1. The summed E-state index contributed by atoms with van der Waals surface area (Å²) < 4.78 is 29.4. The number of fused-ring (bicyclic) bond motifs is 1. The van der Waals surface area contributed by atoms with Gasteiger partial charge in [-0.05, 0) is 56.5 Å². The molecule has 0 saturated carbocycles. The van der Waals surface area contributed by atoms with Crippen molar-refractivity contribution < 1.29 is 38.1 Å². The quantitative estimate of drug-likeness (QED) is 0.263. The molecule has 2 fully saturated rings. The van der Waals surface area contributed by atoms with Gasteiger partial charge in [0.1, 0.15) is 11.1 Å². The molecule has 256 valence electrons. The number of hydrogen-bond donors (Lipinski definition) is 2. The summed E-state index contributed by atoms with van der Waals surface area (Å²) in [5.74, 6) is -1.17. The summed E-state index contributed by atoms with van der Waals surface area (Å²) in [6, 6.07) is 16.9. The van der Waals surface area contributed by atoms with Gasteiger partial charge in [-0.1, -0.05) is 30.3 Å². The van der Waals surface area contributed by atoms with Crippen LogP contribution in [0.1, 0.15) is 37.7 Å². The second-order valence-electron chi connectivity index (χ2n) is 12.2. The molecule has 0 bridgehead atoms. The lowest BCUT2D eigenvalue weighted by Gasteiger charge is -2.44. The van der Waals surface area contributed by atoms with Crippen molar-refractivity contribution in [3.63, 3.8) is 0 Å². The number of hydrogen-bond acceptors (Lipinski definition) is 10. The van der Waals surface area contributed by atoms with E-state index >= 15 is 0 Å². The summed E-state index contributed by atoms with van der Waals surface area (Å²) in [5, 5.41) is 12.4. The van der Waals surface area contributed by atoms with Crippen molar-refractivity contribution in [3.05, 3.63) is 88.5 Å². The predicted molar refractivity (Wildman–Crippen MR) is 177 cm³/mol. The van der Waals surface area contributed by atoms with Crippen LogP contribution in [0.5, 0.6) is 0 Å². The van der Waals surface area contributed by atoms with Crippen molar-refractivity contribution in [3.8, 4) is 0 Å². The van der Waals surface area contributed by atoms with Gasteiger partial charge in [0.15, 0.2) is 11.2 Å². The highest BCUT2D eigenvalue weighted by atomic mass is 16.7.